The lowest BCUT2D eigenvalue weighted by molar-refractivity contribution is -0.131. The second kappa shape index (κ2) is 7.95. The van der Waals surface area contributed by atoms with Crippen LogP contribution in [0.5, 0.6) is 0 Å². The number of H-pyrrole nitrogens is 1. The fourth-order valence-corrected chi connectivity index (χ4v) is 4.19. The van der Waals surface area contributed by atoms with Gasteiger partial charge in [0.05, 0.1) is 6.42 Å². The molecular weight excluding hydrogens is 376 g/mol. The Hall–Kier alpha value is -2.34. The smallest absolute Gasteiger partial charge is 0.274 e. The Morgan fingerprint density at radius 3 is 2.75 bits per heavy atom. The van der Waals surface area contributed by atoms with Crippen molar-refractivity contribution in [3.8, 4) is 0 Å². The van der Waals surface area contributed by atoms with E-state index >= 15 is 0 Å². The van der Waals surface area contributed by atoms with E-state index in [0.717, 1.165) is 42.8 Å². The van der Waals surface area contributed by atoms with Crippen LogP contribution >= 0.6 is 11.6 Å². The number of amides is 2. The molecule has 0 unspecified atom stereocenters. The van der Waals surface area contributed by atoms with Gasteiger partial charge >= 0.3 is 0 Å². The van der Waals surface area contributed by atoms with Crippen molar-refractivity contribution in [2.75, 3.05) is 19.6 Å². The quantitative estimate of drug-likeness (QED) is 0.860. The zero-order valence-corrected chi connectivity index (χ0v) is 16.8. The van der Waals surface area contributed by atoms with Crippen LogP contribution < -0.4 is 0 Å². The van der Waals surface area contributed by atoms with E-state index in [0.29, 0.717) is 42.6 Å². The minimum Gasteiger partial charge on any atom is -0.338 e. The molecular formula is C21H25ClN4O2. The molecule has 2 amide bonds. The number of rotatable bonds is 3. The highest BCUT2D eigenvalue weighted by Gasteiger charge is 2.31. The summed E-state index contributed by atoms with van der Waals surface area (Å²) in [5.74, 6) is 0.685. The number of benzene rings is 1. The number of carbonyl (C=O) groups is 2. The van der Waals surface area contributed by atoms with Gasteiger partial charge in [-0.05, 0) is 36.5 Å². The number of hydrogen-bond donors (Lipinski definition) is 1. The zero-order chi connectivity index (χ0) is 19.7. The van der Waals surface area contributed by atoms with Crippen molar-refractivity contribution in [1.82, 2.24) is 20.0 Å². The Balaban J connectivity index is 1.46. The lowest BCUT2D eigenvalue weighted by atomic mass is 9.98. The summed E-state index contributed by atoms with van der Waals surface area (Å²) in [6.07, 6.45) is 3.06. The summed E-state index contributed by atoms with van der Waals surface area (Å²) in [7, 11) is 0. The molecule has 148 valence electrons. The van der Waals surface area contributed by atoms with E-state index in [4.69, 9.17) is 11.6 Å². The predicted molar refractivity (Wildman–Crippen MR) is 107 cm³/mol. The normalized spacial score (nSPS) is 17.5. The Bertz CT molecular complexity index is 886. The molecule has 6 nitrogen and oxygen atoms in total. The van der Waals surface area contributed by atoms with Gasteiger partial charge in [0.15, 0.2) is 5.69 Å². The molecule has 4 rings (SSSR count). The first-order valence-corrected chi connectivity index (χ1v) is 10.3. The fraction of sp³-hybridized carbons (Fsp3) is 0.476. The summed E-state index contributed by atoms with van der Waals surface area (Å²) in [6.45, 7) is 4.83. The molecule has 7 heteroatoms. The van der Waals surface area contributed by atoms with Gasteiger partial charge in [-0.3, -0.25) is 14.7 Å². The minimum absolute atomic E-state index is 0.0199. The largest absolute Gasteiger partial charge is 0.338 e. The van der Waals surface area contributed by atoms with E-state index < -0.39 is 0 Å². The first-order chi connectivity index (χ1) is 13.5. The summed E-state index contributed by atoms with van der Waals surface area (Å²) in [5, 5.41) is 7.96. The number of nitrogens with zero attached hydrogens (tertiary/aromatic N) is 3. The Kier molecular flexibility index (Phi) is 5.40. The number of likely N-dealkylation sites (tertiary alicyclic amines) is 1. The average molecular weight is 401 g/mol. The van der Waals surface area contributed by atoms with Crippen LogP contribution in [0.1, 0.15) is 47.1 Å². The number of hydrogen-bond acceptors (Lipinski definition) is 3. The summed E-state index contributed by atoms with van der Waals surface area (Å²) >= 11 is 6.03. The van der Waals surface area contributed by atoms with E-state index in [1.165, 1.54) is 0 Å². The molecule has 0 aliphatic carbocycles. The highest BCUT2D eigenvalue weighted by molar-refractivity contribution is 6.30. The van der Waals surface area contributed by atoms with Crippen molar-refractivity contribution >= 4 is 23.4 Å². The average Bonchev–Trinajstić information content (AvgIpc) is 3.11. The molecule has 0 atom stereocenters. The van der Waals surface area contributed by atoms with Crippen LogP contribution in [-0.4, -0.2) is 51.4 Å². The maximum atomic E-state index is 13.0. The van der Waals surface area contributed by atoms with Crippen LogP contribution in [0, 0.1) is 5.92 Å². The third-order valence-corrected chi connectivity index (χ3v) is 6.04. The molecule has 3 heterocycles. The molecule has 1 aromatic heterocycles. The molecule has 1 fully saturated rings. The van der Waals surface area contributed by atoms with Gasteiger partial charge in [0.2, 0.25) is 5.91 Å². The van der Waals surface area contributed by atoms with Gasteiger partial charge in [-0.25, -0.2) is 0 Å². The first kappa shape index (κ1) is 19.0. The third-order valence-electron chi connectivity index (χ3n) is 5.80. The summed E-state index contributed by atoms with van der Waals surface area (Å²) < 4.78 is 0. The lowest BCUT2D eigenvalue weighted by Crippen LogP contribution is -2.40. The SMILES string of the molecule is CC1CCN(C(=O)c2n[nH]c3c2CN(C(=O)Cc2cccc(Cl)c2)CC3)CC1. The van der Waals surface area contributed by atoms with Crippen molar-refractivity contribution in [3.63, 3.8) is 0 Å². The maximum Gasteiger partial charge on any atom is 0.274 e. The van der Waals surface area contributed by atoms with Crippen LogP contribution in [0.4, 0.5) is 0 Å². The predicted octanol–water partition coefficient (Wildman–Crippen LogP) is 3.06. The number of nitrogens with one attached hydrogen (secondary N) is 1. The highest BCUT2D eigenvalue weighted by Crippen LogP contribution is 2.24. The molecule has 0 spiro atoms. The van der Waals surface area contributed by atoms with Crippen LogP contribution in [-0.2, 0) is 24.2 Å². The second-order valence-electron chi connectivity index (χ2n) is 7.88. The number of carbonyl (C=O) groups excluding carboxylic acids is 2. The maximum absolute atomic E-state index is 13.0. The standard InChI is InChI=1S/C21H25ClN4O2/c1-14-5-8-25(9-6-14)21(28)20-17-13-26(10-7-18(17)23-24-20)19(27)12-15-3-2-4-16(22)11-15/h2-4,11,14H,5-10,12-13H2,1H3,(H,23,24). The van der Waals surface area contributed by atoms with Crippen molar-refractivity contribution in [1.29, 1.82) is 0 Å². The van der Waals surface area contributed by atoms with Crippen LogP contribution in [0.15, 0.2) is 24.3 Å². The molecule has 0 bridgehead atoms. The van der Waals surface area contributed by atoms with E-state index in [1.54, 1.807) is 6.07 Å². The number of halogens is 1. The van der Waals surface area contributed by atoms with Crippen molar-refractivity contribution < 1.29 is 9.59 Å². The molecule has 2 aliphatic heterocycles. The van der Waals surface area contributed by atoms with Gasteiger partial charge in [0.25, 0.3) is 5.91 Å². The van der Waals surface area contributed by atoms with Gasteiger partial charge in [0.1, 0.15) is 0 Å². The van der Waals surface area contributed by atoms with Crippen LogP contribution in [0.3, 0.4) is 0 Å². The van der Waals surface area contributed by atoms with Gasteiger partial charge in [-0.2, -0.15) is 5.10 Å². The van der Waals surface area contributed by atoms with Gasteiger partial charge in [0, 0.05) is 48.9 Å². The number of fused-ring (bicyclic) bond motifs is 1. The molecule has 2 aliphatic rings. The topological polar surface area (TPSA) is 69.3 Å². The zero-order valence-electron chi connectivity index (χ0n) is 16.1. The van der Waals surface area contributed by atoms with Crippen LogP contribution in [0.25, 0.3) is 0 Å². The monoisotopic (exact) mass is 400 g/mol. The molecule has 0 radical (unpaired) electrons. The number of aromatic nitrogens is 2. The number of piperidine rings is 1. The van der Waals surface area contributed by atoms with Gasteiger partial charge in [-0.15, -0.1) is 0 Å². The highest BCUT2D eigenvalue weighted by atomic mass is 35.5. The van der Waals surface area contributed by atoms with E-state index in [2.05, 4.69) is 17.1 Å². The van der Waals surface area contributed by atoms with Crippen molar-refractivity contribution in [2.45, 2.75) is 39.2 Å². The fourth-order valence-electron chi connectivity index (χ4n) is 3.98. The Morgan fingerprint density at radius 2 is 2.00 bits per heavy atom. The number of aromatic amines is 1. The second-order valence-corrected chi connectivity index (χ2v) is 8.31. The molecule has 1 saturated heterocycles. The molecule has 28 heavy (non-hydrogen) atoms. The third kappa shape index (κ3) is 3.92. The van der Waals surface area contributed by atoms with Crippen molar-refractivity contribution in [3.05, 3.63) is 51.8 Å². The Labute approximate surface area is 169 Å². The molecule has 0 saturated carbocycles. The Morgan fingerprint density at radius 1 is 1.21 bits per heavy atom. The van der Waals surface area contributed by atoms with Gasteiger partial charge < -0.3 is 9.80 Å². The van der Waals surface area contributed by atoms with Crippen molar-refractivity contribution in [2.24, 2.45) is 5.92 Å². The van der Waals surface area contributed by atoms with E-state index in [1.807, 2.05) is 28.0 Å². The van der Waals surface area contributed by atoms with E-state index in [-0.39, 0.29) is 11.8 Å². The summed E-state index contributed by atoms with van der Waals surface area (Å²) in [5.41, 5.74) is 3.22. The minimum atomic E-state index is -0.0199. The molecule has 2 aromatic rings. The summed E-state index contributed by atoms with van der Waals surface area (Å²) in [4.78, 5) is 29.5. The molecule has 1 aromatic carbocycles. The summed E-state index contributed by atoms with van der Waals surface area (Å²) in [6, 6.07) is 7.38. The van der Waals surface area contributed by atoms with E-state index in [9.17, 15) is 9.59 Å². The first-order valence-electron chi connectivity index (χ1n) is 9.89. The van der Waals surface area contributed by atoms with Gasteiger partial charge in [-0.1, -0.05) is 30.7 Å². The lowest BCUT2D eigenvalue weighted by Gasteiger charge is -2.31. The molecule has 1 N–H and O–H groups in total. The van der Waals surface area contributed by atoms with Crippen LogP contribution in [0.2, 0.25) is 5.02 Å².